The molecule has 0 atom stereocenters. The minimum atomic E-state index is -3.94. The van der Waals surface area contributed by atoms with Crippen LogP contribution in [0.25, 0.3) is 0 Å². The van der Waals surface area contributed by atoms with E-state index in [1.165, 1.54) is 11.8 Å². The van der Waals surface area contributed by atoms with E-state index in [1.807, 2.05) is 13.8 Å². The molecule has 9 heteroatoms. The first-order valence-electron chi connectivity index (χ1n) is 12.5. The van der Waals surface area contributed by atoms with Gasteiger partial charge in [-0.1, -0.05) is 39.8 Å². The number of para-hydroxylation sites is 1. The summed E-state index contributed by atoms with van der Waals surface area (Å²) < 4.78 is 26.5. The van der Waals surface area contributed by atoms with Gasteiger partial charge in [0, 0.05) is 25.3 Å². The number of nitrogens with zero attached hydrogens (tertiary/aromatic N) is 1. The molecule has 0 spiro atoms. The predicted octanol–water partition coefficient (Wildman–Crippen LogP) is 4.03. The molecule has 0 unspecified atom stereocenters. The average Bonchev–Trinajstić information content (AvgIpc) is 3.20. The van der Waals surface area contributed by atoms with Gasteiger partial charge in [-0.05, 0) is 78.8 Å². The first-order valence-corrected chi connectivity index (χ1v) is 14.0. The highest BCUT2D eigenvalue weighted by molar-refractivity contribution is 7.90. The molecule has 0 aliphatic carbocycles. The molecule has 1 aliphatic rings. The lowest BCUT2D eigenvalue weighted by Crippen LogP contribution is -2.36. The van der Waals surface area contributed by atoms with Crippen LogP contribution in [0.5, 0.6) is 5.75 Å². The zero-order chi connectivity index (χ0) is 26.8. The summed E-state index contributed by atoms with van der Waals surface area (Å²) in [6, 6.07) is 6.47. The summed E-state index contributed by atoms with van der Waals surface area (Å²) in [5.41, 5.74) is 5.62. The van der Waals surface area contributed by atoms with Gasteiger partial charge >= 0.3 is 0 Å². The van der Waals surface area contributed by atoms with E-state index in [0.717, 1.165) is 48.2 Å². The van der Waals surface area contributed by atoms with Crippen molar-refractivity contribution in [3.63, 3.8) is 0 Å². The minimum absolute atomic E-state index is 0.0560. The summed E-state index contributed by atoms with van der Waals surface area (Å²) in [5, 5.41) is 18.3. The highest BCUT2D eigenvalue weighted by Crippen LogP contribution is 2.43. The Bertz CT molecular complexity index is 1240. The number of nitrogens with two attached hydrogens (primary N) is 1. The Morgan fingerprint density at radius 1 is 1.19 bits per heavy atom. The molecule has 8 nitrogen and oxygen atoms in total. The fourth-order valence-electron chi connectivity index (χ4n) is 4.94. The van der Waals surface area contributed by atoms with E-state index in [2.05, 4.69) is 42.6 Å². The number of phenols is 1. The van der Waals surface area contributed by atoms with Gasteiger partial charge in [-0.25, -0.2) is 5.14 Å². The molecule has 0 saturated heterocycles. The van der Waals surface area contributed by atoms with Crippen LogP contribution < -0.4 is 20.1 Å². The van der Waals surface area contributed by atoms with Crippen molar-refractivity contribution in [1.29, 1.82) is 0 Å². The maximum atomic E-state index is 12.7. The predicted molar refractivity (Wildman–Crippen MR) is 146 cm³/mol. The van der Waals surface area contributed by atoms with E-state index < -0.39 is 10.2 Å². The van der Waals surface area contributed by atoms with Crippen molar-refractivity contribution >= 4 is 27.5 Å². The molecule has 0 saturated carbocycles. The van der Waals surface area contributed by atoms with Crippen LogP contribution in [0.15, 0.2) is 24.3 Å². The number of rotatable bonds is 10. The summed E-state index contributed by atoms with van der Waals surface area (Å²) in [4.78, 5) is 15.1. The van der Waals surface area contributed by atoms with Gasteiger partial charge in [-0.3, -0.25) is 9.52 Å². The van der Waals surface area contributed by atoms with Crippen LogP contribution in [0, 0.1) is 25.2 Å². The van der Waals surface area contributed by atoms with Gasteiger partial charge in [-0.2, -0.15) is 8.42 Å². The third kappa shape index (κ3) is 6.50. The number of hydrogen-bond donors (Lipinski definition) is 4. The number of benzene rings is 2. The second-order valence-electron chi connectivity index (χ2n) is 11.0. The maximum Gasteiger partial charge on any atom is 0.296 e. The number of aromatic hydroxyl groups is 1. The van der Waals surface area contributed by atoms with Crippen LogP contribution in [-0.2, 0) is 23.1 Å². The average molecular weight is 517 g/mol. The van der Waals surface area contributed by atoms with Crippen molar-refractivity contribution < 1.29 is 18.3 Å². The number of fused-ring (bicyclic) bond motifs is 1. The van der Waals surface area contributed by atoms with E-state index >= 15 is 0 Å². The van der Waals surface area contributed by atoms with Gasteiger partial charge in [0.1, 0.15) is 5.75 Å². The third-order valence-electron chi connectivity index (χ3n) is 6.93. The molecule has 5 N–H and O–H groups in total. The lowest BCUT2D eigenvalue weighted by atomic mass is 9.81. The summed E-state index contributed by atoms with van der Waals surface area (Å²) in [6.45, 7) is 14.7. The number of carbonyl (C=O) groups is 1. The number of hydrogen-bond acceptors (Lipinski definition) is 5. The summed E-state index contributed by atoms with van der Waals surface area (Å²) >= 11 is 0. The molecule has 2 aromatic carbocycles. The van der Waals surface area contributed by atoms with Crippen molar-refractivity contribution in [3.8, 4) is 5.75 Å². The van der Waals surface area contributed by atoms with E-state index in [1.54, 1.807) is 18.2 Å². The van der Waals surface area contributed by atoms with Crippen LogP contribution in [0.2, 0.25) is 0 Å². The molecule has 0 radical (unpaired) electrons. The molecule has 0 aromatic heterocycles. The maximum absolute atomic E-state index is 12.7. The van der Waals surface area contributed by atoms with Crippen LogP contribution in [0.3, 0.4) is 0 Å². The highest BCUT2D eigenvalue weighted by atomic mass is 32.2. The molecule has 3 rings (SSSR count). The fourth-order valence-corrected chi connectivity index (χ4v) is 5.53. The first-order chi connectivity index (χ1) is 16.7. The summed E-state index contributed by atoms with van der Waals surface area (Å²) in [7, 11) is -3.94. The Hall–Kier alpha value is -2.78. The molecule has 1 aliphatic heterocycles. The van der Waals surface area contributed by atoms with Gasteiger partial charge in [0.2, 0.25) is 0 Å². The van der Waals surface area contributed by atoms with Gasteiger partial charge in [0.25, 0.3) is 16.1 Å². The number of nitrogens with one attached hydrogen (secondary N) is 2. The zero-order valence-electron chi connectivity index (χ0n) is 22.2. The van der Waals surface area contributed by atoms with Crippen molar-refractivity contribution in [2.24, 2.45) is 16.5 Å². The normalized spacial score (nSPS) is 13.7. The smallest absolute Gasteiger partial charge is 0.296 e. The van der Waals surface area contributed by atoms with Crippen molar-refractivity contribution in [3.05, 3.63) is 52.1 Å². The topological polar surface area (TPSA) is 125 Å². The molecule has 0 fully saturated rings. The van der Waals surface area contributed by atoms with E-state index in [-0.39, 0.29) is 22.6 Å². The Morgan fingerprint density at radius 2 is 1.86 bits per heavy atom. The fraction of sp³-hybridized carbons (Fsp3) is 0.519. The van der Waals surface area contributed by atoms with Crippen LogP contribution >= 0.6 is 0 Å². The highest BCUT2D eigenvalue weighted by Gasteiger charge is 2.32. The molecule has 36 heavy (non-hydrogen) atoms. The zero-order valence-corrected chi connectivity index (χ0v) is 23.1. The third-order valence-corrected chi connectivity index (χ3v) is 7.42. The Labute approximate surface area is 215 Å². The van der Waals surface area contributed by atoms with Crippen LogP contribution in [0.1, 0.15) is 66.7 Å². The first kappa shape index (κ1) is 27.8. The monoisotopic (exact) mass is 516 g/mol. The van der Waals surface area contributed by atoms with Crippen molar-refractivity contribution in [2.75, 3.05) is 29.3 Å². The quantitative estimate of drug-likeness (QED) is 0.379. The Morgan fingerprint density at radius 3 is 2.47 bits per heavy atom. The molecular weight excluding hydrogens is 476 g/mol. The lowest BCUT2D eigenvalue weighted by molar-refractivity contribution is 0.0933. The van der Waals surface area contributed by atoms with Crippen LogP contribution in [-0.4, -0.2) is 39.1 Å². The SMILES string of the molecule is Cc1c2c(c(CC(C)(C)CNC(=O)c3ccccc3O)c(C)c1NS(N)(=O)=O)N(CCC(C)C)CC2. The Balaban J connectivity index is 1.96. The van der Waals surface area contributed by atoms with Gasteiger partial charge in [0.05, 0.1) is 11.3 Å². The number of amides is 1. The molecule has 0 bridgehead atoms. The largest absolute Gasteiger partial charge is 0.507 e. The summed E-state index contributed by atoms with van der Waals surface area (Å²) in [5.74, 6) is 0.186. The molecule has 1 amide bonds. The standard InChI is InChI=1S/C27H40N4O4S/c1-17(2)11-13-31-14-12-20-18(3)24(30-36(28,34)35)19(4)22(25(20)31)15-27(5,6)16-29-26(33)21-9-7-8-10-23(21)32/h7-10,17,30,32H,11-16H2,1-6H3,(H,29,33)(H2,28,34,35). The van der Waals surface area contributed by atoms with Gasteiger partial charge in [0.15, 0.2) is 0 Å². The molecule has 2 aromatic rings. The number of anilines is 2. The van der Waals surface area contributed by atoms with E-state index in [4.69, 9.17) is 5.14 Å². The van der Waals surface area contributed by atoms with E-state index in [0.29, 0.717) is 24.6 Å². The molecule has 198 valence electrons. The van der Waals surface area contributed by atoms with Gasteiger partial charge in [-0.15, -0.1) is 0 Å². The van der Waals surface area contributed by atoms with Crippen LogP contribution in [0.4, 0.5) is 11.4 Å². The molecule has 1 heterocycles. The molecular formula is C27H40N4O4S. The second kappa shape index (κ2) is 10.7. The van der Waals surface area contributed by atoms with Gasteiger partial charge < -0.3 is 15.3 Å². The van der Waals surface area contributed by atoms with E-state index in [9.17, 15) is 18.3 Å². The number of carbonyl (C=O) groups excluding carboxylic acids is 1. The van der Waals surface area contributed by atoms with Crippen molar-refractivity contribution in [2.45, 2.75) is 60.8 Å². The Kier molecular flexibility index (Phi) is 8.25. The summed E-state index contributed by atoms with van der Waals surface area (Å²) in [6.07, 6.45) is 2.53. The van der Waals surface area contributed by atoms with Crippen molar-refractivity contribution in [1.82, 2.24) is 5.32 Å². The lowest BCUT2D eigenvalue weighted by Gasteiger charge is -2.32. The number of phenolic OH excluding ortho intramolecular Hbond substituents is 1. The minimum Gasteiger partial charge on any atom is -0.507 e. The second-order valence-corrected chi connectivity index (χ2v) is 12.3.